The Morgan fingerprint density at radius 1 is 1.69 bits per heavy atom. The molecule has 2 unspecified atom stereocenters. The largest absolute Gasteiger partial charge is 0.481 e. The van der Waals surface area contributed by atoms with E-state index in [2.05, 4.69) is 4.98 Å². The summed E-state index contributed by atoms with van der Waals surface area (Å²) >= 11 is 2.83. The summed E-state index contributed by atoms with van der Waals surface area (Å²) in [6, 6.07) is 0. The van der Waals surface area contributed by atoms with Gasteiger partial charge in [0.2, 0.25) is 0 Å². The average Bonchev–Trinajstić information content (AvgIpc) is 2.57. The first-order valence-electron chi connectivity index (χ1n) is 5.06. The van der Waals surface area contributed by atoms with Crippen LogP contribution in [-0.4, -0.2) is 27.9 Å². The molecule has 0 saturated heterocycles. The molecule has 1 aliphatic rings. The Labute approximate surface area is 102 Å². The van der Waals surface area contributed by atoms with Gasteiger partial charge in [0.05, 0.1) is 28.5 Å². The number of carboxylic acids is 1. The number of thioether (sulfide) groups is 1. The maximum atomic E-state index is 10.5. The highest BCUT2D eigenvalue weighted by Crippen LogP contribution is 2.37. The number of thiazole rings is 1. The van der Waals surface area contributed by atoms with Crippen molar-refractivity contribution < 1.29 is 14.6 Å². The third-order valence-electron chi connectivity index (χ3n) is 2.31. The van der Waals surface area contributed by atoms with Gasteiger partial charge in [0.1, 0.15) is 0 Å². The highest BCUT2D eigenvalue weighted by Gasteiger charge is 2.26. The smallest absolute Gasteiger partial charge is 0.313 e. The van der Waals surface area contributed by atoms with Crippen LogP contribution in [-0.2, 0) is 16.0 Å². The fourth-order valence-corrected chi connectivity index (χ4v) is 3.64. The molecule has 0 radical (unpaired) electrons. The Hall–Kier alpha value is -0.590. The molecule has 0 amide bonds. The molecule has 88 valence electrons. The number of rotatable bonds is 3. The monoisotopic (exact) mass is 259 g/mol. The van der Waals surface area contributed by atoms with Gasteiger partial charge < -0.3 is 9.84 Å². The van der Waals surface area contributed by atoms with Gasteiger partial charge in [0, 0.05) is 6.42 Å². The van der Waals surface area contributed by atoms with Crippen molar-refractivity contribution in [3.05, 3.63) is 10.6 Å². The lowest BCUT2D eigenvalue weighted by Crippen LogP contribution is -2.20. The summed E-state index contributed by atoms with van der Waals surface area (Å²) in [5.74, 6) is -0.743. The van der Waals surface area contributed by atoms with Crippen molar-refractivity contribution in [3.8, 4) is 0 Å². The van der Waals surface area contributed by atoms with Crippen LogP contribution in [0, 0.1) is 0 Å². The van der Waals surface area contributed by atoms with Crippen LogP contribution >= 0.6 is 23.1 Å². The van der Waals surface area contributed by atoms with Crippen molar-refractivity contribution in [2.75, 3.05) is 5.75 Å². The minimum Gasteiger partial charge on any atom is -0.481 e. The number of hydrogen-bond acceptors (Lipinski definition) is 5. The van der Waals surface area contributed by atoms with Crippen LogP contribution in [0.15, 0.2) is 4.34 Å². The molecule has 1 aromatic heterocycles. The second-order valence-corrected chi connectivity index (χ2v) is 6.02. The first-order valence-corrected chi connectivity index (χ1v) is 6.86. The Kier molecular flexibility index (Phi) is 3.51. The molecule has 1 N–H and O–H groups in total. The number of aliphatic carboxylic acids is 1. The zero-order chi connectivity index (χ0) is 11.7. The first kappa shape index (κ1) is 11.9. The average molecular weight is 259 g/mol. The molecule has 16 heavy (non-hydrogen) atoms. The van der Waals surface area contributed by atoms with E-state index < -0.39 is 5.97 Å². The molecule has 1 aliphatic heterocycles. The number of ether oxygens (including phenoxy) is 1. The van der Waals surface area contributed by atoms with Gasteiger partial charge in [-0.05, 0) is 13.8 Å². The van der Waals surface area contributed by atoms with Crippen LogP contribution in [0.1, 0.15) is 30.5 Å². The Balaban J connectivity index is 2.13. The molecule has 2 atom stereocenters. The van der Waals surface area contributed by atoms with Gasteiger partial charge in [-0.3, -0.25) is 4.79 Å². The SMILES string of the molecule is CC1Cc2nc(SCC(=O)O)sc2C(C)O1. The van der Waals surface area contributed by atoms with Crippen LogP contribution < -0.4 is 0 Å². The summed E-state index contributed by atoms with van der Waals surface area (Å²) in [5.41, 5.74) is 1.07. The molecule has 4 nitrogen and oxygen atoms in total. The molecular weight excluding hydrogens is 246 g/mol. The van der Waals surface area contributed by atoms with E-state index in [9.17, 15) is 4.79 Å². The number of fused-ring (bicyclic) bond motifs is 1. The van der Waals surface area contributed by atoms with Crippen LogP contribution in [0.3, 0.4) is 0 Å². The minimum absolute atomic E-state index is 0.0667. The fourth-order valence-electron chi connectivity index (χ4n) is 1.72. The summed E-state index contributed by atoms with van der Waals surface area (Å²) < 4.78 is 6.53. The predicted molar refractivity (Wildman–Crippen MR) is 63.1 cm³/mol. The van der Waals surface area contributed by atoms with Crippen molar-refractivity contribution in [2.45, 2.75) is 36.8 Å². The topological polar surface area (TPSA) is 59.4 Å². The Bertz CT molecular complexity index is 405. The fraction of sp³-hybridized carbons (Fsp3) is 0.600. The van der Waals surface area contributed by atoms with E-state index in [0.717, 1.165) is 21.3 Å². The van der Waals surface area contributed by atoms with Gasteiger partial charge in [-0.2, -0.15) is 0 Å². The Morgan fingerprint density at radius 3 is 3.12 bits per heavy atom. The molecule has 0 aromatic carbocycles. The number of carboxylic acid groups (broad SMARTS) is 1. The molecule has 0 saturated carbocycles. The standard InChI is InChI=1S/C10H13NO3S2/c1-5-3-7-9(6(2)14-5)16-10(11-7)15-4-8(12)13/h5-6H,3-4H2,1-2H3,(H,12,13). The van der Waals surface area contributed by atoms with Gasteiger partial charge in [-0.15, -0.1) is 11.3 Å². The number of nitrogens with zero attached hydrogens (tertiary/aromatic N) is 1. The number of hydrogen-bond donors (Lipinski definition) is 1. The van der Waals surface area contributed by atoms with E-state index in [1.54, 1.807) is 11.3 Å². The second-order valence-electron chi connectivity index (χ2n) is 3.77. The van der Waals surface area contributed by atoms with E-state index in [-0.39, 0.29) is 18.0 Å². The van der Waals surface area contributed by atoms with Gasteiger partial charge >= 0.3 is 5.97 Å². The Morgan fingerprint density at radius 2 is 2.44 bits per heavy atom. The molecule has 0 spiro atoms. The maximum absolute atomic E-state index is 10.5. The lowest BCUT2D eigenvalue weighted by Gasteiger charge is -2.23. The van der Waals surface area contributed by atoms with Gasteiger partial charge in [0.15, 0.2) is 4.34 Å². The van der Waals surface area contributed by atoms with Crippen LogP contribution in [0.5, 0.6) is 0 Å². The lowest BCUT2D eigenvalue weighted by atomic mass is 10.1. The number of carbonyl (C=O) groups is 1. The van der Waals surface area contributed by atoms with Gasteiger partial charge in [-0.1, -0.05) is 11.8 Å². The minimum atomic E-state index is -0.809. The van der Waals surface area contributed by atoms with E-state index in [0.29, 0.717) is 0 Å². The van der Waals surface area contributed by atoms with E-state index in [1.807, 2.05) is 13.8 Å². The van der Waals surface area contributed by atoms with E-state index in [1.165, 1.54) is 11.8 Å². The quantitative estimate of drug-likeness (QED) is 0.844. The molecule has 0 bridgehead atoms. The molecule has 1 aromatic rings. The summed E-state index contributed by atoms with van der Waals surface area (Å²) in [5, 5.41) is 8.60. The summed E-state index contributed by atoms with van der Waals surface area (Å²) in [4.78, 5) is 16.1. The molecule has 2 heterocycles. The van der Waals surface area contributed by atoms with Gasteiger partial charge in [0.25, 0.3) is 0 Å². The molecule has 0 fully saturated rings. The van der Waals surface area contributed by atoms with E-state index >= 15 is 0 Å². The molecule has 6 heteroatoms. The number of aromatic nitrogens is 1. The second kappa shape index (κ2) is 4.73. The maximum Gasteiger partial charge on any atom is 0.313 e. The van der Waals surface area contributed by atoms with Crippen LogP contribution in [0.2, 0.25) is 0 Å². The zero-order valence-corrected chi connectivity index (χ0v) is 10.7. The van der Waals surface area contributed by atoms with Gasteiger partial charge in [-0.25, -0.2) is 4.98 Å². The highest BCUT2D eigenvalue weighted by atomic mass is 32.2. The third-order valence-corrected chi connectivity index (χ3v) is 4.70. The zero-order valence-electron chi connectivity index (χ0n) is 9.10. The normalized spacial score (nSPS) is 24.1. The summed E-state index contributed by atoms with van der Waals surface area (Å²) in [6.45, 7) is 4.04. The third kappa shape index (κ3) is 2.56. The van der Waals surface area contributed by atoms with Crippen molar-refractivity contribution in [2.24, 2.45) is 0 Å². The van der Waals surface area contributed by atoms with Crippen LogP contribution in [0.25, 0.3) is 0 Å². The molecule has 2 rings (SSSR count). The van der Waals surface area contributed by atoms with Crippen LogP contribution in [0.4, 0.5) is 0 Å². The lowest BCUT2D eigenvalue weighted by molar-refractivity contribution is -0.133. The highest BCUT2D eigenvalue weighted by molar-refractivity contribution is 8.01. The van der Waals surface area contributed by atoms with Crippen molar-refractivity contribution in [1.29, 1.82) is 0 Å². The van der Waals surface area contributed by atoms with Crippen molar-refractivity contribution in [3.63, 3.8) is 0 Å². The van der Waals surface area contributed by atoms with Crippen molar-refractivity contribution >= 4 is 29.1 Å². The molecule has 0 aliphatic carbocycles. The first-order chi connectivity index (χ1) is 7.56. The molecular formula is C10H13NO3S2. The predicted octanol–water partition coefficient (Wildman–Crippen LogP) is 2.34. The van der Waals surface area contributed by atoms with E-state index in [4.69, 9.17) is 9.84 Å². The summed E-state index contributed by atoms with van der Waals surface area (Å²) in [6.07, 6.45) is 1.10. The van der Waals surface area contributed by atoms with Crippen molar-refractivity contribution in [1.82, 2.24) is 4.98 Å². The summed E-state index contributed by atoms with van der Waals surface area (Å²) in [7, 11) is 0.